The predicted molar refractivity (Wildman–Crippen MR) is 116 cm³/mol. The molecule has 1 saturated heterocycles. The summed E-state index contributed by atoms with van der Waals surface area (Å²) in [6.45, 7) is 7.98. The second-order valence-electron chi connectivity index (χ2n) is 8.12. The third-order valence-electron chi connectivity index (χ3n) is 5.09. The molecule has 1 aliphatic rings. The van der Waals surface area contributed by atoms with Gasteiger partial charge in [-0.3, -0.25) is 14.6 Å². The third-order valence-corrected chi connectivity index (χ3v) is 6.90. The minimum absolute atomic E-state index is 0.144. The van der Waals surface area contributed by atoms with Crippen LogP contribution in [0.1, 0.15) is 31.5 Å². The summed E-state index contributed by atoms with van der Waals surface area (Å²) >= 11 is 0. The Morgan fingerprint density at radius 1 is 1.19 bits per heavy atom. The second-order valence-corrected chi connectivity index (χ2v) is 10.3. The lowest BCUT2D eigenvalue weighted by molar-refractivity contribution is -0.117. The monoisotopic (exact) mass is 450 g/mol. The topological polar surface area (TPSA) is 112 Å². The molecule has 0 saturated carbocycles. The zero-order valence-corrected chi connectivity index (χ0v) is 19.2. The average molecular weight is 451 g/mol. The Morgan fingerprint density at radius 3 is 2.48 bits per heavy atom. The first kappa shape index (κ1) is 23.3. The number of piperazine rings is 1. The smallest absolute Gasteiger partial charge is 0.242 e. The lowest BCUT2D eigenvalue weighted by atomic mass is 10.2. The van der Waals surface area contributed by atoms with E-state index in [1.807, 2.05) is 13.8 Å². The van der Waals surface area contributed by atoms with Gasteiger partial charge in [0.25, 0.3) is 0 Å². The number of aromatic nitrogens is 2. The molecule has 0 aliphatic carbocycles. The highest BCUT2D eigenvalue weighted by molar-refractivity contribution is 7.89. The van der Waals surface area contributed by atoms with E-state index in [0.29, 0.717) is 23.9 Å². The summed E-state index contributed by atoms with van der Waals surface area (Å²) < 4.78 is 31.0. The normalized spacial score (nSPS) is 16.2. The van der Waals surface area contributed by atoms with Crippen molar-refractivity contribution in [3.8, 4) is 0 Å². The van der Waals surface area contributed by atoms with Crippen LogP contribution in [-0.4, -0.2) is 85.4 Å². The fraction of sp³-hybridized carbons (Fsp3) is 0.550. The van der Waals surface area contributed by atoms with E-state index in [1.54, 1.807) is 12.1 Å². The molecule has 3 rings (SSSR count). The van der Waals surface area contributed by atoms with E-state index in [1.165, 1.54) is 26.2 Å². The zero-order valence-electron chi connectivity index (χ0n) is 18.4. The van der Waals surface area contributed by atoms with Crippen LogP contribution in [0.25, 0.3) is 0 Å². The van der Waals surface area contributed by atoms with Gasteiger partial charge in [-0.05, 0) is 18.2 Å². The molecule has 0 atom stereocenters. The van der Waals surface area contributed by atoms with Gasteiger partial charge in [-0.2, -0.15) is 4.98 Å². The molecule has 2 heterocycles. The number of amides is 1. The molecule has 1 fully saturated rings. The number of carbonyl (C=O) groups excluding carboxylic acids is 1. The molecule has 11 heteroatoms. The Balaban J connectivity index is 1.48. The van der Waals surface area contributed by atoms with Crippen LogP contribution in [0.5, 0.6) is 0 Å². The predicted octanol–water partition coefficient (Wildman–Crippen LogP) is 1.20. The van der Waals surface area contributed by atoms with Gasteiger partial charge in [0.15, 0.2) is 5.82 Å². The highest BCUT2D eigenvalue weighted by atomic mass is 32.2. The second kappa shape index (κ2) is 9.86. The van der Waals surface area contributed by atoms with Crippen LogP contribution in [-0.2, 0) is 21.4 Å². The van der Waals surface area contributed by atoms with Crippen LogP contribution in [0, 0.1) is 0 Å². The number of anilines is 1. The van der Waals surface area contributed by atoms with E-state index in [0.717, 1.165) is 30.5 Å². The molecule has 0 unspecified atom stereocenters. The molecule has 1 aromatic heterocycles. The van der Waals surface area contributed by atoms with Crippen LogP contribution < -0.4 is 5.32 Å². The highest BCUT2D eigenvalue weighted by Crippen LogP contribution is 2.18. The van der Waals surface area contributed by atoms with Gasteiger partial charge in [-0.1, -0.05) is 25.1 Å². The van der Waals surface area contributed by atoms with Crippen molar-refractivity contribution in [1.29, 1.82) is 0 Å². The Hall–Kier alpha value is -2.34. The number of hydrogen-bond acceptors (Lipinski definition) is 8. The molecule has 1 amide bonds. The number of benzene rings is 1. The van der Waals surface area contributed by atoms with E-state index in [4.69, 9.17) is 4.52 Å². The van der Waals surface area contributed by atoms with Crippen molar-refractivity contribution in [3.63, 3.8) is 0 Å². The highest BCUT2D eigenvalue weighted by Gasteiger charge is 2.22. The zero-order chi connectivity index (χ0) is 22.6. The largest absolute Gasteiger partial charge is 0.338 e. The maximum Gasteiger partial charge on any atom is 0.242 e. The maximum atomic E-state index is 12.5. The number of rotatable bonds is 8. The summed E-state index contributed by atoms with van der Waals surface area (Å²) in [5.41, 5.74) is 0.462. The summed E-state index contributed by atoms with van der Waals surface area (Å²) in [6.07, 6.45) is 0. The van der Waals surface area contributed by atoms with E-state index in [2.05, 4.69) is 25.3 Å². The number of nitrogens with one attached hydrogen (secondary N) is 1. The van der Waals surface area contributed by atoms with Gasteiger partial charge in [0.1, 0.15) is 0 Å². The van der Waals surface area contributed by atoms with Crippen molar-refractivity contribution in [2.24, 2.45) is 0 Å². The molecular weight excluding hydrogens is 420 g/mol. The van der Waals surface area contributed by atoms with E-state index < -0.39 is 10.0 Å². The van der Waals surface area contributed by atoms with E-state index in [-0.39, 0.29) is 23.3 Å². The molecule has 1 N–H and O–H groups in total. The van der Waals surface area contributed by atoms with Crippen molar-refractivity contribution in [3.05, 3.63) is 36.0 Å². The lowest BCUT2D eigenvalue weighted by Gasteiger charge is -2.33. The van der Waals surface area contributed by atoms with Gasteiger partial charge in [0.05, 0.1) is 18.0 Å². The van der Waals surface area contributed by atoms with Crippen LogP contribution in [0.2, 0.25) is 0 Å². The summed E-state index contributed by atoms with van der Waals surface area (Å²) in [5, 5.41) is 6.78. The molecule has 10 nitrogen and oxygen atoms in total. The number of carbonyl (C=O) groups is 1. The Bertz CT molecular complexity index is 997. The Kier molecular flexibility index (Phi) is 7.42. The van der Waals surface area contributed by atoms with Crippen molar-refractivity contribution in [2.45, 2.75) is 31.2 Å². The summed E-state index contributed by atoms with van der Waals surface area (Å²) in [7, 11) is -0.601. The summed E-state index contributed by atoms with van der Waals surface area (Å²) in [6, 6.07) is 6.28. The Labute approximate surface area is 183 Å². The van der Waals surface area contributed by atoms with Crippen molar-refractivity contribution < 1.29 is 17.7 Å². The summed E-state index contributed by atoms with van der Waals surface area (Å²) in [4.78, 5) is 21.3. The summed E-state index contributed by atoms with van der Waals surface area (Å²) in [5.74, 6) is 1.39. The molecule has 31 heavy (non-hydrogen) atoms. The van der Waals surface area contributed by atoms with Crippen molar-refractivity contribution >= 4 is 21.6 Å². The lowest BCUT2D eigenvalue weighted by Crippen LogP contribution is -2.48. The molecule has 170 valence electrons. The van der Waals surface area contributed by atoms with E-state index in [9.17, 15) is 13.2 Å². The molecule has 1 aliphatic heterocycles. The quantitative estimate of drug-likeness (QED) is 0.639. The molecule has 0 spiro atoms. The van der Waals surface area contributed by atoms with Gasteiger partial charge < -0.3 is 9.84 Å². The number of sulfonamides is 1. The molecule has 0 radical (unpaired) electrons. The third kappa shape index (κ3) is 6.10. The first-order chi connectivity index (χ1) is 14.6. The van der Waals surface area contributed by atoms with Gasteiger partial charge in [0.2, 0.25) is 21.8 Å². The van der Waals surface area contributed by atoms with E-state index >= 15 is 0 Å². The molecular formula is C20H30N6O4S. The maximum absolute atomic E-state index is 12.5. The molecule has 2 aromatic rings. The van der Waals surface area contributed by atoms with Crippen LogP contribution >= 0.6 is 0 Å². The van der Waals surface area contributed by atoms with Gasteiger partial charge in [0, 0.05) is 51.9 Å². The SMILES string of the molecule is CC(C)c1noc(CN2CCN(CC(=O)Nc3cccc(S(=O)(=O)N(C)C)c3)CC2)n1. The molecule has 0 bridgehead atoms. The van der Waals surface area contributed by atoms with Crippen molar-refractivity contribution in [1.82, 2.24) is 24.2 Å². The minimum Gasteiger partial charge on any atom is -0.338 e. The fourth-order valence-electron chi connectivity index (χ4n) is 3.21. The Morgan fingerprint density at radius 2 is 1.87 bits per heavy atom. The number of hydrogen-bond donors (Lipinski definition) is 1. The van der Waals surface area contributed by atoms with Gasteiger partial charge in [-0.25, -0.2) is 12.7 Å². The number of nitrogens with zero attached hydrogens (tertiary/aromatic N) is 5. The minimum atomic E-state index is -3.55. The van der Waals surface area contributed by atoms with Gasteiger partial charge >= 0.3 is 0 Å². The van der Waals surface area contributed by atoms with Crippen LogP contribution in [0.15, 0.2) is 33.7 Å². The van der Waals surface area contributed by atoms with Crippen LogP contribution in [0.4, 0.5) is 5.69 Å². The first-order valence-electron chi connectivity index (χ1n) is 10.2. The van der Waals surface area contributed by atoms with Crippen LogP contribution in [0.3, 0.4) is 0 Å². The van der Waals surface area contributed by atoms with Crippen molar-refractivity contribution in [2.75, 3.05) is 52.1 Å². The standard InChI is InChI=1S/C20H30N6O4S/c1-15(2)20-22-19(30-23-20)14-26-10-8-25(9-11-26)13-18(27)21-16-6-5-7-17(12-16)31(28,29)24(3)4/h5-7,12,15H,8-11,13-14H2,1-4H3,(H,21,27). The average Bonchev–Trinajstić information content (AvgIpc) is 3.18. The van der Waals surface area contributed by atoms with Gasteiger partial charge in [-0.15, -0.1) is 0 Å². The molecule has 1 aromatic carbocycles. The first-order valence-corrected chi connectivity index (χ1v) is 11.7. The fourth-order valence-corrected chi connectivity index (χ4v) is 4.16.